The molecular weight excluding hydrogens is 394 g/mol. The smallest absolute Gasteiger partial charge is 0.249 e. The van der Waals surface area contributed by atoms with Crippen LogP contribution >= 0.6 is 0 Å². The van der Waals surface area contributed by atoms with Gasteiger partial charge in [0.1, 0.15) is 13.2 Å². The fraction of sp³-hybridized carbons (Fsp3) is 0.478. The number of hydrogen-bond acceptors (Lipinski definition) is 6. The molecule has 1 saturated heterocycles. The van der Waals surface area contributed by atoms with Crippen LogP contribution in [0.3, 0.4) is 0 Å². The van der Waals surface area contributed by atoms with Gasteiger partial charge in [-0.15, -0.1) is 10.2 Å². The number of benzene rings is 1. The standard InChI is InChI=1S/C23H31N5O3/c1-4-18(2)28(23(30)17-31-3)16-22(29)27-14-12-26(13-15-27)21-11-10-20(24-25-21)19-8-6-5-7-9-19/h5-11,18H,4,12-17H2,1-3H3. The van der Waals surface area contributed by atoms with E-state index in [4.69, 9.17) is 4.74 Å². The van der Waals surface area contributed by atoms with Crippen molar-refractivity contribution in [3.05, 3.63) is 42.5 Å². The van der Waals surface area contributed by atoms with Crippen LogP contribution < -0.4 is 4.90 Å². The molecule has 8 nitrogen and oxygen atoms in total. The largest absolute Gasteiger partial charge is 0.375 e. The van der Waals surface area contributed by atoms with Gasteiger partial charge >= 0.3 is 0 Å². The molecule has 1 aromatic carbocycles. The lowest BCUT2D eigenvalue weighted by molar-refractivity contribution is -0.144. The van der Waals surface area contributed by atoms with Crippen LogP contribution in [0.15, 0.2) is 42.5 Å². The summed E-state index contributed by atoms with van der Waals surface area (Å²) < 4.78 is 4.97. The van der Waals surface area contributed by atoms with E-state index in [-0.39, 0.29) is 31.0 Å². The second-order valence-electron chi connectivity index (χ2n) is 7.72. The molecule has 0 N–H and O–H groups in total. The number of amides is 2. The van der Waals surface area contributed by atoms with Gasteiger partial charge in [0.2, 0.25) is 11.8 Å². The maximum absolute atomic E-state index is 12.8. The predicted octanol–water partition coefficient (Wildman–Crippen LogP) is 2.07. The Morgan fingerprint density at radius 1 is 1.06 bits per heavy atom. The van der Waals surface area contributed by atoms with Crippen molar-refractivity contribution in [2.24, 2.45) is 0 Å². The van der Waals surface area contributed by atoms with Crippen molar-refractivity contribution in [3.8, 4) is 11.3 Å². The lowest BCUT2D eigenvalue weighted by Gasteiger charge is -2.37. The predicted molar refractivity (Wildman–Crippen MR) is 120 cm³/mol. The van der Waals surface area contributed by atoms with E-state index in [9.17, 15) is 9.59 Å². The number of rotatable bonds is 8. The Bertz CT molecular complexity index is 851. The Hall–Kier alpha value is -3.00. The van der Waals surface area contributed by atoms with Gasteiger partial charge in [-0.05, 0) is 25.5 Å². The molecule has 166 valence electrons. The van der Waals surface area contributed by atoms with Gasteiger partial charge in [-0.3, -0.25) is 9.59 Å². The number of piperazine rings is 1. The molecule has 2 heterocycles. The van der Waals surface area contributed by atoms with Crippen LogP contribution in [0, 0.1) is 0 Å². The lowest BCUT2D eigenvalue weighted by Crippen LogP contribution is -2.53. The van der Waals surface area contributed by atoms with Crippen molar-refractivity contribution in [1.82, 2.24) is 20.0 Å². The summed E-state index contributed by atoms with van der Waals surface area (Å²) in [6.45, 7) is 6.58. The van der Waals surface area contributed by atoms with E-state index in [2.05, 4.69) is 15.1 Å². The van der Waals surface area contributed by atoms with Gasteiger partial charge in [0.15, 0.2) is 5.82 Å². The summed E-state index contributed by atoms with van der Waals surface area (Å²) in [4.78, 5) is 30.7. The van der Waals surface area contributed by atoms with Crippen molar-refractivity contribution in [3.63, 3.8) is 0 Å². The third-order valence-corrected chi connectivity index (χ3v) is 5.69. The molecule has 31 heavy (non-hydrogen) atoms. The van der Waals surface area contributed by atoms with Gasteiger partial charge in [0.05, 0.1) is 5.69 Å². The zero-order valence-electron chi connectivity index (χ0n) is 18.5. The van der Waals surface area contributed by atoms with Crippen LogP contribution in [0.1, 0.15) is 20.3 Å². The molecule has 1 aliphatic rings. The SMILES string of the molecule is CCC(C)N(CC(=O)N1CCN(c2ccc(-c3ccccc3)nn2)CC1)C(=O)COC. The summed E-state index contributed by atoms with van der Waals surface area (Å²) in [7, 11) is 1.49. The lowest BCUT2D eigenvalue weighted by atomic mass is 10.1. The zero-order valence-corrected chi connectivity index (χ0v) is 18.5. The molecule has 3 rings (SSSR count). The number of hydrogen-bond donors (Lipinski definition) is 0. The summed E-state index contributed by atoms with van der Waals surface area (Å²) in [5.41, 5.74) is 1.87. The highest BCUT2D eigenvalue weighted by Crippen LogP contribution is 2.19. The molecule has 0 saturated carbocycles. The van der Waals surface area contributed by atoms with Crippen LogP contribution in [0.4, 0.5) is 5.82 Å². The fourth-order valence-corrected chi connectivity index (χ4v) is 3.60. The Balaban J connectivity index is 1.56. The van der Waals surface area contributed by atoms with Crippen LogP contribution in [-0.4, -0.2) is 84.3 Å². The topological polar surface area (TPSA) is 78.9 Å². The number of methoxy groups -OCH3 is 1. The first-order valence-corrected chi connectivity index (χ1v) is 10.7. The Morgan fingerprint density at radius 2 is 1.77 bits per heavy atom. The highest BCUT2D eigenvalue weighted by atomic mass is 16.5. The first-order valence-electron chi connectivity index (χ1n) is 10.7. The second-order valence-corrected chi connectivity index (χ2v) is 7.72. The molecule has 0 aliphatic carbocycles. The van der Waals surface area contributed by atoms with Crippen LogP contribution in [0.5, 0.6) is 0 Å². The monoisotopic (exact) mass is 425 g/mol. The normalized spacial score (nSPS) is 14.9. The maximum atomic E-state index is 12.8. The fourth-order valence-electron chi connectivity index (χ4n) is 3.60. The molecule has 2 aromatic rings. The maximum Gasteiger partial charge on any atom is 0.249 e. The van der Waals surface area contributed by atoms with Crippen LogP contribution in [0.25, 0.3) is 11.3 Å². The third-order valence-electron chi connectivity index (χ3n) is 5.69. The van der Waals surface area contributed by atoms with E-state index < -0.39 is 0 Å². The highest BCUT2D eigenvalue weighted by molar-refractivity contribution is 5.85. The Kier molecular flexibility index (Phi) is 7.94. The van der Waals surface area contributed by atoms with E-state index in [1.807, 2.05) is 61.2 Å². The van der Waals surface area contributed by atoms with Crippen molar-refractivity contribution in [1.29, 1.82) is 0 Å². The van der Waals surface area contributed by atoms with Crippen LogP contribution in [0.2, 0.25) is 0 Å². The van der Waals surface area contributed by atoms with E-state index in [1.54, 1.807) is 4.90 Å². The number of carbonyl (C=O) groups is 2. The molecule has 1 unspecified atom stereocenters. The minimum Gasteiger partial charge on any atom is -0.375 e. The summed E-state index contributed by atoms with van der Waals surface area (Å²) in [6.07, 6.45) is 0.786. The molecule has 2 amide bonds. The Labute approximate surface area is 183 Å². The zero-order chi connectivity index (χ0) is 22.2. The minimum atomic E-state index is -0.155. The summed E-state index contributed by atoms with van der Waals surface area (Å²) in [5, 5.41) is 8.74. The molecule has 0 bridgehead atoms. The summed E-state index contributed by atoms with van der Waals surface area (Å²) in [5.74, 6) is 0.621. The molecule has 1 aromatic heterocycles. The van der Waals surface area contributed by atoms with Crippen molar-refractivity contribution in [2.75, 3.05) is 51.3 Å². The number of carbonyl (C=O) groups excluding carboxylic acids is 2. The average molecular weight is 426 g/mol. The number of aromatic nitrogens is 2. The van der Waals surface area contributed by atoms with Gasteiger partial charge in [0.25, 0.3) is 0 Å². The molecule has 1 fully saturated rings. The van der Waals surface area contributed by atoms with Crippen molar-refractivity contribution < 1.29 is 14.3 Å². The summed E-state index contributed by atoms with van der Waals surface area (Å²) >= 11 is 0. The first kappa shape index (κ1) is 22.7. The van der Waals surface area contributed by atoms with E-state index >= 15 is 0 Å². The Morgan fingerprint density at radius 3 is 2.35 bits per heavy atom. The molecular formula is C23H31N5O3. The molecule has 1 atom stereocenters. The van der Waals surface area contributed by atoms with Gasteiger partial charge in [-0.25, -0.2) is 0 Å². The molecule has 1 aliphatic heterocycles. The highest BCUT2D eigenvalue weighted by Gasteiger charge is 2.27. The van der Waals surface area contributed by atoms with Gasteiger partial charge in [0, 0.05) is 44.9 Å². The molecule has 0 radical (unpaired) electrons. The van der Waals surface area contributed by atoms with Crippen LogP contribution in [-0.2, 0) is 14.3 Å². The quantitative estimate of drug-likeness (QED) is 0.644. The number of nitrogens with zero attached hydrogens (tertiary/aromatic N) is 5. The number of anilines is 1. The van der Waals surface area contributed by atoms with Gasteiger partial charge in [-0.1, -0.05) is 37.3 Å². The van der Waals surface area contributed by atoms with E-state index in [1.165, 1.54) is 7.11 Å². The average Bonchev–Trinajstić information content (AvgIpc) is 2.83. The van der Waals surface area contributed by atoms with Crippen molar-refractivity contribution >= 4 is 17.6 Å². The number of ether oxygens (including phenoxy) is 1. The summed E-state index contributed by atoms with van der Waals surface area (Å²) in [6, 6.07) is 13.9. The van der Waals surface area contributed by atoms with Gasteiger partial charge in [-0.2, -0.15) is 0 Å². The molecule has 0 spiro atoms. The first-order chi connectivity index (χ1) is 15.0. The third kappa shape index (κ3) is 5.79. The minimum absolute atomic E-state index is 0.00806. The van der Waals surface area contributed by atoms with Gasteiger partial charge < -0.3 is 19.4 Å². The van der Waals surface area contributed by atoms with E-state index in [0.717, 1.165) is 23.5 Å². The van der Waals surface area contributed by atoms with Crippen molar-refractivity contribution in [2.45, 2.75) is 26.3 Å². The second kappa shape index (κ2) is 10.9. The molecule has 8 heteroatoms. The van der Waals surface area contributed by atoms with E-state index in [0.29, 0.717) is 26.2 Å².